The van der Waals surface area contributed by atoms with E-state index in [1.165, 1.54) is 6.07 Å². The summed E-state index contributed by atoms with van der Waals surface area (Å²) in [5.41, 5.74) is 2.42. The fourth-order valence-corrected chi connectivity index (χ4v) is 3.31. The van der Waals surface area contributed by atoms with Crippen LogP contribution in [0.4, 0.5) is 15.8 Å². The zero-order valence-electron chi connectivity index (χ0n) is 16.3. The van der Waals surface area contributed by atoms with Gasteiger partial charge in [-0.2, -0.15) is 0 Å². The van der Waals surface area contributed by atoms with Crippen molar-refractivity contribution in [3.63, 3.8) is 0 Å². The molecule has 0 radical (unpaired) electrons. The number of nitrogens with zero attached hydrogens (tertiary/aromatic N) is 2. The number of carbonyl (C=O) groups is 1. The predicted octanol–water partition coefficient (Wildman–Crippen LogP) is 0.298. The van der Waals surface area contributed by atoms with Crippen LogP contribution in [0.25, 0.3) is 0 Å². The third-order valence-corrected chi connectivity index (χ3v) is 4.85. The first-order valence-electron chi connectivity index (χ1n) is 9.23. The monoisotopic (exact) mass is 406 g/mol. The van der Waals surface area contributed by atoms with E-state index in [-0.39, 0.29) is 24.1 Å². The topological polar surface area (TPSA) is 44.8 Å². The fraction of sp³-hybridized carbons (Fsp3) is 0.381. The Bertz CT molecular complexity index is 795. The molecule has 1 heterocycles. The predicted molar refractivity (Wildman–Crippen MR) is 106 cm³/mol. The molecule has 28 heavy (non-hydrogen) atoms. The normalized spacial score (nSPS) is 14.3. The number of para-hydroxylation sites is 1. The van der Waals surface area contributed by atoms with E-state index in [0.717, 1.165) is 31.7 Å². The quantitative estimate of drug-likeness (QED) is 0.749. The molecule has 0 atom stereocenters. The highest BCUT2D eigenvalue weighted by Crippen LogP contribution is 2.25. The van der Waals surface area contributed by atoms with Crippen LogP contribution >= 0.6 is 0 Å². The first-order chi connectivity index (χ1) is 13.1. The molecule has 1 aliphatic rings. The van der Waals surface area contributed by atoms with Gasteiger partial charge in [0.2, 0.25) is 5.91 Å². The standard InChI is InChI=1S/C21H26FN3O2.ClH/c1-16-7-8-20(27-2)18(15-16)23-21(26)9-10-24-11-13-25(14-12-24)19-6-4-3-5-17(19)22;/h3-8,15H,9-14H2,1-2H3,(H,23,26);1H/p-1. The van der Waals surface area contributed by atoms with E-state index in [4.69, 9.17) is 4.74 Å². The van der Waals surface area contributed by atoms with E-state index in [1.807, 2.05) is 37.3 Å². The number of piperazine rings is 1. The van der Waals surface area contributed by atoms with Crippen LogP contribution in [-0.4, -0.2) is 50.6 Å². The van der Waals surface area contributed by atoms with E-state index in [2.05, 4.69) is 15.1 Å². The Hall–Kier alpha value is -2.31. The highest BCUT2D eigenvalue weighted by molar-refractivity contribution is 5.92. The summed E-state index contributed by atoms with van der Waals surface area (Å²) < 4.78 is 19.2. The summed E-state index contributed by atoms with van der Waals surface area (Å²) >= 11 is 0. The molecule has 152 valence electrons. The van der Waals surface area contributed by atoms with Gasteiger partial charge in [-0.15, -0.1) is 0 Å². The maximum absolute atomic E-state index is 13.9. The van der Waals surface area contributed by atoms with Gasteiger partial charge in [0.1, 0.15) is 11.6 Å². The smallest absolute Gasteiger partial charge is 0.225 e. The average molecular weight is 407 g/mol. The van der Waals surface area contributed by atoms with Crippen LogP contribution in [0.2, 0.25) is 0 Å². The Morgan fingerprint density at radius 1 is 1.14 bits per heavy atom. The third kappa shape index (κ3) is 5.59. The lowest BCUT2D eigenvalue weighted by atomic mass is 10.2. The Kier molecular flexibility index (Phi) is 8.08. The summed E-state index contributed by atoms with van der Waals surface area (Å²) in [6, 6.07) is 12.6. The van der Waals surface area contributed by atoms with Crippen molar-refractivity contribution in [3.05, 3.63) is 53.8 Å². The molecule has 1 saturated heterocycles. The molecule has 1 fully saturated rings. The van der Waals surface area contributed by atoms with Crippen molar-refractivity contribution >= 4 is 17.3 Å². The maximum Gasteiger partial charge on any atom is 0.225 e. The summed E-state index contributed by atoms with van der Waals surface area (Å²) in [6.07, 6.45) is 0.413. The number of anilines is 2. The van der Waals surface area contributed by atoms with Crippen LogP contribution in [-0.2, 0) is 4.79 Å². The third-order valence-electron chi connectivity index (χ3n) is 4.85. The molecule has 1 N–H and O–H groups in total. The second-order valence-electron chi connectivity index (χ2n) is 6.78. The van der Waals surface area contributed by atoms with Crippen LogP contribution in [0.15, 0.2) is 42.5 Å². The van der Waals surface area contributed by atoms with Gasteiger partial charge in [0, 0.05) is 39.1 Å². The zero-order valence-corrected chi connectivity index (χ0v) is 17.0. The lowest BCUT2D eigenvalue weighted by Gasteiger charge is -2.36. The van der Waals surface area contributed by atoms with E-state index in [1.54, 1.807) is 13.2 Å². The number of aryl methyl sites for hydroxylation is 1. The molecule has 3 rings (SSSR count). The van der Waals surface area contributed by atoms with Gasteiger partial charge in [-0.1, -0.05) is 18.2 Å². The second kappa shape index (κ2) is 10.3. The minimum atomic E-state index is -0.183. The molecule has 2 aromatic carbocycles. The number of benzene rings is 2. The van der Waals surface area contributed by atoms with E-state index in [9.17, 15) is 9.18 Å². The minimum Gasteiger partial charge on any atom is -1.00 e. The fourth-order valence-electron chi connectivity index (χ4n) is 3.31. The molecule has 1 amide bonds. The van der Waals surface area contributed by atoms with Gasteiger partial charge >= 0.3 is 0 Å². The molecular formula is C21H26ClFN3O2-. The largest absolute Gasteiger partial charge is 1.00 e. The first kappa shape index (κ1) is 22.0. The Labute approximate surface area is 171 Å². The lowest BCUT2D eigenvalue weighted by Crippen LogP contribution is -3.00. The highest BCUT2D eigenvalue weighted by atomic mass is 35.5. The molecule has 5 nitrogen and oxygen atoms in total. The van der Waals surface area contributed by atoms with Crippen molar-refractivity contribution in [1.82, 2.24) is 4.90 Å². The molecule has 0 unspecified atom stereocenters. The van der Waals surface area contributed by atoms with E-state index < -0.39 is 0 Å². The Morgan fingerprint density at radius 2 is 1.86 bits per heavy atom. The number of ether oxygens (including phenoxy) is 1. The van der Waals surface area contributed by atoms with Crippen molar-refractivity contribution in [3.8, 4) is 5.75 Å². The van der Waals surface area contributed by atoms with Gasteiger partial charge in [0.05, 0.1) is 18.5 Å². The van der Waals surface area contributed by atoms with E-state index in [0.29, 0.717) is 30.1 Å². The van der Waals surface area contributed by atoms with E-state index >= 15 is 0 Å². The molecule has 1 aliphatic heterocycles. The minimum absolute atomic E-state index is 0. The number of halogens is 2. The number of amides is 1. The summed E-state index contributed by atoms with van der Waals surface area (Å²) in [4.78, 5) is 16.6. The van der Waals surface area contributed by atoms with Crippen molar-refractivity contribution in [2.75, 3.05) is 50.1 Å². The highest BCUT2D eigenvalue weighted by Gasteiger charge is 2.19. The molecule has 7 heteroatoms. The lowest BCUT2D eigenvalue weighted by molar-refractivity contribution is -0.116. The van der Waals surface area contributed by atoms with Gasteiger partial charge in [0.15, 0.2) is 0 Å². The van der Waals surface area contributed by atoms with Crippen LogP contribution < -0.4 is 27.4 Å². The Balaban J connectivity index is 0.00000280. The van der Waals surface area contributed by atoms with Crippen molar-refractivity contribution in [2.45, 2.75) is 13.3 Å². The van der Waals surface area contributed by atoms with Crippen LogP contribution in [0.3, 0.4) is 0 Å². The number of hydrogen-bond acceptors (Lipinski definition) is 4. The average Bonchev–Trinajstić information content (AvgIpc) is 2.67. The summed E-state index contributed by atoms with van der Waals surface area (Å²) in [5, 5.41) is 2.93. The summed E-state index contributed by atoms with van der Waals surface area (Å²) in [5.74, 6) is 0.445. The molecule has 0 aromatic heterocycles. The SMILES string of the molecule is COc1ccc(C)cc1NC(=O)CCN1CCN(c2ccccc2F)CC1.[Cl-]. The van der Waals surface area contributed by atoms with Crippen LogP contribution in [0, 0.1) is 12.7 Å². The summed E-state index contributed by atoms with van der Waals surface area (Å²) in [7, 11) is 1.59. The van der Waals surface area contributed by atoms with Gasteiger partial charge in [0.25, 0.3) is 0 Å². The van der Waals surface area contributed by atoms with Gasteiger partial charge in [-0.3, -0.25) is 9.69 Å². The molecule has 0 spiro atoms. The van der Waals surface area contributed by atoms with Crippen molar-refractivity contribution in [2.24, 2.45) is 0 Å². The molecule has 0 aliphatic carbocycles. The molecule has 0 saturated carbocycles. The van der Waals surface area contributed by atoms with Crippen molar-refractivity contribution < 1.29 is 26.3 Å². The number of nitrogens with one attached hydrogen (secondary N) is 1. The van der Waals surface area contributed by atoms with Gasteiger partial charge < -0.3 is 27.4 Å². The number of methoxy groups -OCH3 is 1. The van der Waals surface area contributed by atoms with Gasteiger partial charge in [-0.05, 0) is 36.8 Å². The van der Waals surface area contributed by atoms with Crippen LogP contribution in [0.1, 0.15) is 12.0 Å². The Morgan fingerprint density at radius 3 is 2.54 bits per heavy atom. The van der Waals surface area contributed by atoms with Crippen molar-refractivity contribution in [1.29, 1.82) is 0 Å². The number of carbonyl (C=O) groups excluding carboxylic acids is 1. The zero-order chi connectivity index (χ0) is 19.2. The molecular weight excluding hydrogens is 381 g/mol. The number of hydrogen-bond donors (Lipinski definition) is 1. The number of rotatable bonds is 6. The van der Waals surface area contributed by atoms with Gasteiger partial charge in [-0.25, -0.2) is 4.39 Å². The summed E-state index contributed by atoms with van der Waals surface area (Å²) in [6.45, 7) is 5.81. The first-order valence-corrected chi connectivity index (χ1v) is 9.23. The second-order valence-corrected chi connectivity index (χ2v) is 6.78. The maximum atomic E-state index is 13.9. The molecule has 2 aromatic rings. The molecule has 0 bridgehead atoms. The van der Waals surface area contributed by atoms with Crippen LogP contribution in [0.5, 0.6) is 5.75 Å².